The van der Waals surface area contributed by atoms with Crippen molar-refractivity contribution < 1.29 is 27.1 Å². The lowest BCUT2D eigenvalue weighted by atomic mass is 9.63. The zero-order valence-corrected chi connectivity index (χ0v) is 19.1. The number of carbonyl (C=O) groups excluding carboxylic acids is 1. The summed E-state index contributed by atoms with van der Waals surface area (Å²) in [6.07, 6.45) is 6.55. The number of halogens is 4. The Hall–Kier alpha value is -2.63. The van der Waals surface area contributed by atoms with Crippen LogP contribution in [0.15, 0.2) is 55.1 Å². The average Bonchev–Trinajstić information content (AvgIpc) is 2.82. The van der Waals surface area contributed by atoms with Crippen molar-refractivity contribution in [3.63, 3.8) is 0 Å². The fourth-order valence-corrected chi connectivity index (χ4v) is 5.75. The first-order chi connectivity index (χ1) is 16.2. The number of carbonyl (C=O) groups is 1. The largest absolute Gasteiger partial charge is 0.423 e. The molecule has 2 aliphatic rings. The fraction of sp³-hybridized carbons (Fsp3) is 0.464. The van der Waals surface area contributed by atoms with Crippen molar-refractivity contribution in [2.45, 2.75) is 63.5 Å². The van der Waals surface area contributed by atoms with E-state index in [1.165, 1.54) is 31.7 Å². The van der Waals surface area contributed by atoms with Crippen LogP contribution < -0.4 is 4.74 Å². The zero-order valence-electron chi connectivity index (χ0n) is 19.1. The summed E-state index contributed by atoms with van der Waals surface area (Å²) < 4.78 is 58.2. The Kier molecular flexibility index (Phi) is 7.44. The maximum absolute atomic E-state index is 15.0. The molecule has 34 heavy (non-hydrogen) atoms. The van der Waals surface area contributed by atoms with Gasteiger partial charge in [-0.25, -0.2) is 9.18 Å². The van der Waals surface area contributed by atoms with Gasteiger partial charge in [0.05, 0.1) is 11.1 Å². The minimum absolute atomic E-state index is 0.0236. The van der Waals surface area contributed by atoms with Crippen molar-refractivity contribution in [3.05, 3.63) is 77.6 Å². The van der Waals surface area contributed by atoms with E-state index in [0.29, 0.717) is 11.5 Å². The predicted octanol–water partition coefficient (Wildman–Crippen LogP) is 8.33. The molecule has 0 radical (unpaired) electrons. The molecule has 2 aromatic rings. The highest BCUT2D eigenvalue weighted by Gasteiger charge is 2.36. The van der Waals surface area contributed by atoms with Gasteiger partial charge in [0.2, 0.25) is 0 Å². The van der Waals surface area contributed by atoms with E-state index in [0.717, 1.165) is 61.8 Å². The summed E-state index contributed by atoms with van der Waals surface area (Å²) in [6, 6.07) is 8.24. The maximum atomic E-state index is 15.0. The first kappa shape index (κ1) is 24.5. The maximum Gasteiger partial charge on any atom is 0.416 e. The van der Waals surface area contributed by atoms with Gasteiger partial charge >= 0.3 is 12.1 Å². The summed E-state index contributed by atoms with van der Waals surface area (Å²) in [5.74, 6) is 1.03. The van der Waals surface area contributed by atoms with Gasteiger partial charge in [0.1, 0.15) is 11.6 Å². The molecule has 4 rings (SSSR count). The van der Waals surface area contributed by atoms with E-state index in [9.17, 15) is 18.0 Å². The van der Waals surface area contributed by atoms with Gasteiger partial charge in [-0.05, 0) is 111 Å². The van der Waals surface area contributed by atoms with E-state index >= 15 is 4.39 Å². The highest BCUT2D eigenvalue weighted by Crippen LogP contribution is 2.48. The fourth-order valence-electron chi connectivity index (χ4n) is 5.75. The zero-order chi connectivity index (χ0) is 24.3. The number of hydrogen-bond donors (Lipinski definition) is 0. The molecule has 2 saturated carbocycles. The summed E-state index contributed by atoms with van der Waals surface area (Å²) in [5.41, 5.74) is -0.154. The molecule has 0 spiro atoms. The van der Waals surface area contributed by atoms with Crippen molar-refractivity contribution in [1.82, 2.24) is 0 Å². The molecule has 0 bridgehead atoms. The van der Waals surface area contributed by atoms with Crippen LogP contribution in [0.1, 0.15) is 78.8 Å². The smallest absolute Gasteiger partial charge is 0.416 e. The van der Waals surface area contributed by atoms with Crippen LogP contribution in [-0.2, 0) is 6.18 Å². The van der Waals surface area contributed by atoms with Crippen LogP contribution in [0.5, 0.6) is 5.75 Å². The van der Waals surface area contributed by atoms with Crippen LogP contribution in [0.3, 0.4) is 0 Å². The molecule has 2 aromatic carbocycles. The second-order valence-corrected chi connectivity index (χ2v) is 9.72. The van der Waals surface area contributed by atoms with E-state index in [4.69, 9.17) is 4.74 Å². The minimum atomic E-state index is -4.47. The van der Waals surface area contributed by atoms with Crippen LogP contribution in [0.2, 0.25) is 0 Å². The van der Waals surface area contributed by atoms with E-state index in [2.05, 4.69) is 6.58 Å². The Bertz CT molecular complexity index is 1010. The molecule has 4 atom stereocenters. The predicted molar refractivity (Wildman–Crippen MR) is 123 cm³/mol. The Morgan fingerprint density at radius 1 is 1.00 bits per heavy atom. The number of benzene rings is 2. The van der Waals surface area contributed by atoms with Crippen molar-refractivity contribution in [2.24, 2.45) is 17.8 Å². The SMILES string of the molecule is C=CCCC1CCC2CC(c3ccc(C(=O)Oc4ccc(C(F)(F)F)cc4)cc3F)CCC2C1. The lowest BCUT2D eigenvalue weighted by Gasteiger charge is -2.42. The Morgan fingerprint density at radius 3 is 2.38 bits per heavy atom. The third-order valence-corrected chi connectivity index (χ3v) is 7.57. The average molecular weight is 475 g/mol. The number of allylic oxidation sites excluding steroid dienone is 1. The molecule has 2 nitrogen and oxygen atoms in total. The van der Waals surface area contributed by atoms with Crippen molar-refractivity contribution >= 4 is 5.97 Å². The molecule has 0 aliphatic heterocycles. The molecule has 0 heterocycles. The highest BCUT2D eigenvalue weighted by molar-refractivity contribution is 5.91. The standard InChI is InChI=1S/C28H30F4O2/c1-2-3-4-18-5-6-20-16-21(8-7-19(20)15-18)25-14-9-22(17-26(25)29)27(33)34-24-12-10-23(11-13-24)28(30,31)32/h2,9-14,17-21H,1,3-8,15-16H2. The van der Waals surface area contributed by atoms with Crippen molar-refractivity contribution in [3.8, 4) is 5.75 Å². The molecule has 0 aromatic heterocycles. The summed E-state index contributed by atoms with van der Waals surface area (Å²) in [6.45, 7) is 3.83. The van der Waals surface area contributed by atoms with Crippen LogP contribution in [0, 0.1) is 23.6 Å². The quantitative estimate of drug-likeness (QED) is 0.182. The van der Waals surface area contributed by atoms with E-state index in [-0.39, 0.29) is 17.2 Å². The Labute approximate surface area is 198 Å². The number of ether oxygens (including phenoxy) is 1. The highest BCUT2D eigenvalue weighted by atomic mass is 19.4. The van der Waals surface area contributed by atoms with Crippen LogP contribution in [0.25, 0.3) is 0 Å². The van der Waals surface area contributed by atoms with Gasteiger partial charge in [-0.3, -0.25) is 0 Å². The van der Waals surface area contributed by atoms with E-state index in [1.54, 1.807) is 12.1 Å². The Balaban J connectivity index is 1.37. The van der Waals surface area contributed by atoms with Crippen LogP contribution in [0.4, 0.5) is 17.6 Å². The summed E-state index contributed by atoms with van der Waals surface area (Å²) in [7, 11) is 0. The van der Waals surface area contributed by atoms with Gasteiger partial charge in [0.15, 0.2) is 0 Å². The van der Waals surface area contributed by atoms with Crippen molar-refractivity contribution in [1.29, 1.82) is 0 Å². The van der Waals surface area contributed by atoms with Gasteiger partial charge in [0, 0.05) is 0 Å². The first-order valence-electron chi connectivity index (χ1n) is 12.0. The lowest BCUT2D eigenvalue weighted by Crippen LogP contribution is -2.30. The molecule has 6 heteroatoms. The number of hydrogen-bond acceptors (Lipinski definition) is 2. The molecule has 0 saturated heterocycles. The summed E-state index contributed by atoms with van der Waals surface area (Å²) >= 11 is 0. The molecule has 2 fully saturated rings. The van der Waals surface area contributed by atoms with E-state index in [1.807, 2.05) is 6.08 Å². The van der Waals surface area contributed by atoms with Crippen molar-refractivity contribution in [2.75, 3.05) is 0 Å². The van der Waals surface area contributed by atoms with Gasteiger partial charge in [-0.2, -0.15) is 13.2 Å². The summed E-state index contributed by atoms with van der Waals surface area (Å²) in [5, 5.41) is 0. The molecule has 0 amide bonds. The molecule has 0 N–H and O–H groups in total. The Morgan fingerprint density at radius 2 is 1.71 bits per heavy atom. The number of fused-ring (bicyclic) bond motifs is 1. The second kappa shape index (κ2) is 10.3. The normalized spacial score (nSPS) is 24.8. The lowest BCUT2D eigenvalue weighted by molar-refractivity contribution is -0.137. The molecule has 182 valence electrons. The number of rotatable bonds is 6. The van der Waals surface area contributed by atoms with Crippen LogP contribution >= 0.6 is 0 Å². The molecule has 2 aliphatic carbocycles. The van der Waals surface area contributed by atoms with E-state index < -0.39 is 23.5 Å². The number of alkyl halides is 3. The monoisotopic (exact) mass is 474 g/mol. The molecule has 4 unspecified atom stereocenters. The topological polar surface area (TPSA) is 26.3 Å². The van der Waals surface area contributed by atoms with Crippen LogP contribution in [-0.4, -0.2) is 5.97 Å². The van der Waals surface area contributed by atoms with Gasteiger partial charge in [-0.15, -0.1) is 6.58 Å². The third-order valence-electron chi connectivity index (χ3n) is 7.57. The molecular weight excluding hydrogens is 444 g/mol. The van der Waals surface area contributed by atoms with Gasteiger partial charge in [0.25, 0.3) is 0 Å². The third kappa shape index (κ3) is 5.70. The number of esters is 1. The first-order valence-corrected chi connectivity index (χ1v) is 12.0. The summed E-state index contributed by atoms with van der Waals surface area (Å²) in [4.78, 5) is 12.4. The molecular formula is C28H30F4O2. The van der Waals surface area contributed by atoms with Gasteiger partial charge < -0.3 is 4.74 Å². The van der Waals surface area contributed by atoms with Gasteiger partial charge in [-0.1, -0.05) is 18.6 Å². The second-order valence-electron chi connectivity index (χ2n) is 9.72. The minimum Gasteiger partial charge on any atom is -0.423 e.